The highest BCUT2D eigenvalue weighted by Gasteiger charge is 2.15. The third-order valence-electron chi connectivity index (χ3n) is 11.9. The third-order valence-corrected chi connectivity index (χ3v) is 12.8. The zero-order chi connectivity index (χ0) is 71.3. The van der Waals surface area contributed by atoms with E-state index in [1.54, 1.807) is 122 Å². The van der Waals surface area contributed by atoms with E-state index in [1.807, 2.05) is 70.2 Å². The van der Waals surface area contributed by atoms with E-state index < -0.39 is 16.8 Å². The van der Waals surface area contributed by atoms with Gasteiger partial charge in [0.1, 0.15) is 33.0 Å². The molecule has 32 heteroatoms. The van der Waals surface area contributed by atoms with Gasteiger partial charge in [0.2, 0.25) is 0 Å². The van der Waals surface area contributed by atoms with Crippen molar-refractivity contribution in [2.24, 2.45) is 21.7 Å². The summed E-state index contributed by atoms with van der Waals surface area (Å²) >= 11 is 6.38. The highest BCUT2D eigenvalue weighted by atomic mass is 79.9. The number of nitro groups is 1. The number of halogens is 3. The van der Waals surface area contributed by atoms with Crippen LogP contribution in [0.1, 0.15) is 115 Å². The summed E-state index contributed by atoms with van der Waals surface area (Å²) < 4.78 is 5.43. The molecule has 0 saturated carbocycles. The number of nitrogens with two attached hydrogens (primary N) is 4. The van der Waals surface area contributed by atoms with Crippen LogP contribution in [0.5, 0.6) is 0 Å². The quantitative estimate of drug-likeness (QED) is 0.00362. The van der Waals surface area contributed by atoms with Crippen LogP contribution in [-0.2, 0) is 23.9 Å². The summed E-state index contributed by atoms with van der Waals surface area (Å²) in [4.78, 5) is 84.0. The maximum atomic E-state index is 12.3. The van der Waals surface area contributed by atoms with Crippen molar-refractivity contribution in [3.63, 3.8) is 0 Å². The van der Waals surface area contributed by atoms with Gasteiger partial charge in [0.25, 0.3) is 24.7 Å². The molecule has 0 radical (unpaired) electrons. The van der Waals surface area contributed by atoms with Gasteiger partial charge in [-0.2, -0.15) is 10.5 Å². The normalized spacial score (nSPS) is 10.9. The Morgan fingerprint density at radius 3 is 1.31 bits per heavy atom. The van der Waals surface area contributed by atoms with Crippen LogP contribution in [0.15, 0.2) is 183 Å². The van der Waals surface area contributed by atoms with E-state index in [0.29, 0.717) is 43.9 Å². The van der Waals surface area contributed by atoms with Crippen LogP contribution in [0.25, 0.3) is 36.7 Å². The number of nitrogen functional groups attached to an aromatic ring is 2. The Labute approximate surface area is 583 Å². The summed E-state index contributed by atoms with van der Waals surface area (Å²) in [6.45, 7) is 22.1. The first-order valence-electron chi connectivity index (χ1n) is 27.9. The molecule has 0 unspecified atom stereocenters. The molecule has 7 aromatic rings. The fourth-order valence-corrected chi connectivity index (χ4v) is 7.63. The van der Waals surface area contributed by atoms with E-state index in [9.17, 15) is 39.3 Å². The number of anilines is 2. The first-order chi connectivity index (χ1) is 45.3. The third kappa shape index (κ3) is 37.6. The molecular weight excluding hydrogens is 1400 g/mol. The van der Waals surface area contributed by atoms with Gasteiger partial charge in [0, 0.05) is 56.8 Å². The molecule has 97 heavy (non-hydrogen) atoms. The lowest BCUT2D eigenvalue weighted by Gasteiger charge is -2.14. The van der Waals surface area contributed by atoms with Gasteiger partial charge in [-0.1, -0.05) is 107 Å². The molecule has 2 aromatic heterocycles. The predicted molar refractivity (Wildman–Crippen MR) is 379 cm³/mol. The second-order valence-corrected chi connectivity index (χ2v) is 20.8. The van der Waals surface area contributed by atoms with Crippen molar-refractivity contribution in [3.8, 4) is 12.1 Å². The van der Waals surface area contributed by atoms with Crippen molar-refractivity contribution in [2.75, 3.05) is 31.7 Å². The van der Waals surface area contributed by atoms with E-state index in [-0.39, 0.29) is 90.7 Å². The predicted octanol–water partition coefficient (Wildman–Crippen LogP) is 12.9. The number of nitrogens with one attached hydrogen (secondary N) is 3. The van der Waals surface area contributed by atoms with E-state index in [4.69, 9.17) is 52.4 Å². The van der Waals surface area contributed by atoms with E-state index in [0.717, 1.165) is 33.5 Å². The van der Waals surface area contributed by atoms with Gasteiger partial charge in [-0.05, 0) is 160 Å². The molecule has 0 aliphatic carbocycles. The van der Waals surface area contributed by atoms with Crippen LogP contribution in [0.3, 0.4) is 0 Å². The number of amides is 3. The number of carbonyl (C=O) groups is 5. The number of benzene rings is 5. The Bertz CT molecular complexity index is 3920. The number of nitrogens with zero attached hydrogens (tertiary/aromatic N) is 13. The molecule has 0 aliphatic heterocycles. The van der Waals surface area contributed by atoms with Gasteiger partial charge >= 0.3 is 17.8 Å². The molecule has 0 fully saturated rings. The Kier molecular flexibility index (Phi) is 45.0. The number of rotatable bonds is 17. The van der Waals surface area contributed by atoms with Crippen LogP contribution < -0.4 is 38.9 Å². The number of methoxy groups -OCH3 is 1. The van der Waals surface area contributed by atoms with Gasteiger partial charge in [-0.3, -0.25) is 34.1 Å². The van der Waals surface area contributed by atoms with E-state index >= 15 is 0 Å². The molecule has 3 amide bonds. The summed E-state index contributed by atoms with van der Waals surface area (Å²) in [6, 6.07) is 48.2. The molecular formula is C65H71Br2ClN20O9. The number of aromatic nitrogens is 2. The number of aldehydes is 1. The van der Waals surface area contributed by atoms with E-state index in [2.05, 4.69) is 92.3 Å². The summed E-state index contributed by atoms with van der Waals surface area (Å²) in [5, 5.41) is 42.4. The van der Waals surface area contributed by atoms with Gasteiger partial charge in [-0.25, -0.2) is 23.1 Å². The molecule has 5 atom stereocenters. The number of nitro benzene ring substituents is 1. The Hall–Kier alpha value is -11.6. The zero-order valence-corrected chi connectivity index (χ0v) is 57.2. The minimum absolute atomic E-state index is 0. The second kappa shape index (κ2) is 50.0. The largest absolute Gasteiger partial charge is 0.468 e. The van der Waals surface area contributed by atoms with Crippen molar-refractivity contribution < 1.29 is 39.1 Å². The average molecular weight is 1470 g/mol. The Balaban J connectivity index is 0. The second-order valence-electron chi connectivity index (χ2n) is 19.2. The lowest BCUT2D eigenvalue weighted by molar-refractivity contribution is -0.384. The maximum Gasteiger partial charge on any atom is 0.319 e. The molecule has 506 valence electrons. The van der Waals surface area contributed by atoms with Gasteiger partial charge in [0.15, 0.2) is 6.29 Å². The summed E-state index contributed by atoms with van der Waals surface area (Å²) in [7, 11) is 1.25. The number of pyridine rings is 2. The van der Waals surface area contributed by atoms with Crippen molar-refractivity contribution in [3.05, 3.63) is 266 Å². The summed E-state index contributed by atoms with van der Waals surface area (Å²) in [5.41, 5.74) is 47.1. The molecule has 2 heterocycles. The minimum Gasteiger partial charge on any atom is -0.468 e. The first kappa shape index (κ1) is 87.5. The summed E-state index contributed by atoms with van der Waals surface area (Å²) in [5.74, 6) is -1.53. The lowest BCUT2D eigenvalue weighted by atomic mass is 10.1. The van der Waals surface area contributed by atoms with Crippen LogP contribution in [-0.4, -0.2) is 70.5 Å². The number of non-ortho nitro benzene ring substituents is 1. The van der Waals surface area contributed by atoms with Crippen molar-refractivity contribution >= 4 is 109 Å². The molecule has 29 nitrogen and oxygen atoms in total. The number of esters is 1. The van der Waals surface area contributed by atoms with Crippen molar-refractivity contribution in [1.29, 1.82) is 10.5 Å². The monoisotopic (exact) mass is 1470 g/mol. The smallest absolute Gasteiger partial charge is 0.319 e. The van der Waals surface area contributed by atoms with Crippen LogP contribution in [0.2, 0.25) is 0 Å². The highest BCUT2D eigenvalue weighted by Crippen LogP contribution is 2.21. The number of hydrogen-bond donors (Lipinski definition) is 7. The molecule has 13 N–H and O–H groups in total. The van der Waals surface area contributed by atoms with Crippen molar-refractivity contribution in [2.45, 2.75) is 71.2 Å². The van der Waals surface area contributed by atoms with Gasteiger partial charge < -0.3 is 58.8 Å². The van der Waals surface area contributed by atoms with Crippen LogP contribution in [0, 0.1) is 45.9 Å². The van der Waals surface area contributed by atoms with Crippen LogP contribution >= 0.6 is 44.3 Å². The fourth-order valence-electron chi connectivity index (χ4n) is 6.92. The van der Waals surface area contributed by atoms with Gasteiger partial charge in [-0.15, -0.1) is 12.4 Å². The topological polar surface area (TPSA) is 489 Å². The molecule has 0 aliphatic rings. The minimum atomic E-state index is -0.490. The standard InChI is InChI=1S/C17H13BrN6O.C11H11N5O.C11H13N3O.C8H10N2O2.C8H12N2.C6H4BrNO.C4H5NO2.ClH.H2O/c1-11(12-5-7-14(8-6-12)23-24-20)21-17(25)13(10-19)9-15-3-2-4-16(18)22-15;1-8(14-11(17)7-13-2)9-3-5-10(6-4-9)15-16-12;1-8(14-11(15)7-13-2)9-3-5-10(12)6-4-9;1-6(9)7-2-4-8(5-3-7)10(11)12;1-6(9)7-2-4-8(10)5-3-7;7-6-3-1-2-5(4-9)8-6;1-7-4(6)2-3-5;;/h2-9,11H,1H3,(H,21,25);3-6,8H,7H2,1H3,(H,14,17);3-6,8H,7,12H2,1H3,(H,14,15);2-6H,9H2,1H3;2-6H,9-10H2,1H3;1-4H;2H2,1H3;1H;1H2/b13-9+;;;;;;;;/t11-;2*8-;2*6-;;;;/m00000..../s1. The Morgan fingerprint density at radius 1 is 0.639 bits per heavy atom. The maximum absolute atomic E-state index is 12.3. The Morgan fingerprint density at radius 2 is 1.00 bits per heavy atom. The lowest BCUT2D eigenvalue weighted by Crippen LogP contribution is -2.28. The molecule has 0 saturated heterocycles. The summed E-state index contributed by atoms with van der Waals surface area (Å²) in [6.07, 6.45) is 1.98. The number of nitriles is 2. The van der Waals surface area contributed by atoms with Gasteiger partial charge in [0.05, 0.1) is 41.9 Å². The number of ether oxygens (including phenoxy) is 1. The zero-order valence-electron chi connectivity index (χ0n) is 53.2. The number of carbonyl (C=O) groups excluding carboxylic acids is 5. The first-order valence-corrected chi connectivity index (χ1v) is 29.5. The molecule has 5 aromatic carbocycles. The van der Waals surface area contributed by atoms with E-state index in [1.165, 1.54) is 25.3 Å². The van der Waals surface area contributed by atoms with Crippen LogP contribution in [0.4, 0.5) is 28.4 Å². The number of hydrogen-bond acceptors (Lipinski definition) is 18. The number of azide groups is 2. The highest BCUT2D eigenvalue weighted by molar-refractivity contribution is 9.10. The molecule has 7 rings (SSSR count). The fraction of sp³-hybridized carbons (Fsp3) is 0.215. The average Bonchev–Trinajstić information content (AvgIpc) is 1.10. The SMILES string of the molecule is COC(=O)CC#N.C[C@H](N)c1ccc(N)cc1.C[C@H](N)c1ccc([N+](=O)[O-])cc1.C[C@H](NC(=O)/C(C#N)=C/c1cccc(Br)n1)c1ccc(N=[N+]=[N-])cc1.Cl.O.O=Cc1cccc(Br)n1.[C-]#[N+]CC(=O)N[C@@H](C)c1ccc(N)cc1.[C-]#[N+]CC(=O)N[C@@H](C)c1ccc(N=[N+]=[N-])cc1. The van der Waals surface area contributed by atoms with Crippen molar-refractivity contribution in [1.82, 2.24) is 25.9 Å². The molecule has 0 bridgehead atoms. The molecule has 0 spiro atoms.